The summed E-state index contributed by atoms with van der Waals surface area (Å²) in [5.74, 6) is 0.508. The molecule has 1 fully saturated rings. The number of amides is 1. The molecule has 0 aliphatic carbocycles. The number of piperidine rings is 1. The molecule has 2 aromatic heterocycles. The average molecular weight is 348 g/mol. The van der Waals surface area contributed by atoms with E-state index in [0.29, 0.717) is 30.0 Å². The molecule has 0 saturated carbocycles. The molecule has 8 nitrogen and oxygen atoms in total. The van der Waals surface area contributed by atoms with E-state index in [1.807, 2.05) is 11.8 Å². The first kappa shape index (κ1) is 16.7. The highest BCUT2D eigenvalue weighted by molar-refractivity contribution is 7.08. The Morgan fingerprint density at radius 2 is 2.38 bits per heavy atom. The van der Waals surface area contributed by atoms with Gasteiger partial charge in [0.1, 0.15) is 10.7 Å². The van der Waals surface area contributed by atoms with Gasteiger partial charge in [0.15, 0.2) is 0 Å². The number of aliphatic hydroxyl groups is 1. The monoisotopic (exact) mass is 348 g/mol. The van der Waals surface area contributed by atoms with Crippen molar-refractivity contribution in [3.05, 3.63) is 29.2 Å². The van der Waals surface area contributed by atoms with E-state index in [1.165, 1.54) is 0 Å². The molecular weight excluding hydrogens is 328 g/mol. The van der Waals surface area contributed by atoms with Crippen molar-refractivity contribution in [2.75, 3.05) is 24.5 Å². The highest BCUT2D eigenvalue weighted by Crippen LogP contribution is 2.24. The van der Waals surface area contributed by atoms with E-state index in [1.54, 1.807) is 18.6 Å². The van der Waals surface area contributed by atoms with Gasteiger partial charge in [0.2, 0.25) is 0 Å². The van der Waals surface area contributed by atoms with Crippen molar-refractivity contribution in [3.63, 3.8) is 0 Å². The van der Waals surface area contributed by atoms with Crippen molar-refractivity contribution in [3.8, 4) is 0 Å². The molecule has 1 saturated heterocycles. The lowest BCUT2D eigenvalue weighted by molar-refractivity contribution is 0.0254. The summed E-state index contributed by atoms with van der Waals surface area (Å²) in [6.07, 6.45) is 7.05. The second kappa shape index (κ2) is 7.18. The van der Waals surface area contributed by atoms with Crippen LogP contribution in [0, 0.1) is 0 Å². The lowest BCUT2D eigenvalue weighted by Gasteiger charge is -2.39. The molecule has 1 aliphatic heterocycles. The topological polar surface area (TPSA) is 104 Å². The van der Waals surface area contributed by atoms with Crippen molar-refractivity contribution >= 4 is 23.3 Å². The molecule has 128 valence electrons. The molecule has 1 aliphatic rings. The standard InChI is InChI=1S/C15H20N6O2S/c1-2-11-13(24-20-19-11)14(22)18-9-15(23)4-3-7-21(10-15)12-8-16-5-6-17-12/h5-6,8,23H,2-4,7,9-10H2,1H3,(H,18,22). The Bertz CT molecular complexity index is 694. The maximum atomic E-state index is 12.3. The van der Waals surface area contributed by atoms with Crippen LogP contribution in [-0.2, 0) is 6.42 Å². The number of nitrogens with zero attached hydrogens (tertiary/aromatic N) is 5. The molecule has 0 aromatic carbocycles. The first-order valence-corrected chi connectivity index (χ1v) is 8.71. The van der Waals surface area contributed by atoms with Gasteiger partial charge in [-0.3, -0.25) is 9.78 Å². The third kappa shape index (κ3) is 3.68. The zero-order chi connectivity index (χ0) is 17.0. The average Bonchev–Trinajstić information content (AvgIpc) is 3.09. The minimum absolute atomic E-state index is 0.184. The summed E-state index contributed by atoms with van der Waals surface area (Å²) >= 11 is 1.08. The maximum absolute atomic E-state index is 12.3. The Balaban J connectivity index is 1.62. The van der Waals surface area contributed by atoms with Crippen LogP contribution < -0.4 is 10.2 Å². The molecule has 3 heterocycles. The molecular formula is C15H20N6O2S. The summed E-state index contributed by atoms with van der Waals surface area (Å²) in [4.78, 5) is 23.1. The summed E-state index contributed by atoms with van der Waals surface area (Å²) in [6.45, 7) is 3.34. The number of rotatable bonds is 5. The number of aryl methyl sites for hydroxylation is 1. The van der Waals surface area contributed by atoms with E-state index in [9.17, 15) is 9.90 Å². The van der Waals surface area contributed by atoms with E-state index in [-0.39, 0.29) is 12.5 Å². The summed E-state index contributed by atoms with van der Waals surface area (Å²) in [6, 6.07) is 0. The van der Waals surface area contributed by atoms with E-state index in [2.05, 4.69) is 24.9 Å². The highest BCUT2D eigenvalue weighted by Gasteiger charge is 2.34. The number of carbonyl (C=O) groups is 1. The number of hydrogen-bond donors (Lipinski definition) is 2. The Morgan fingerprint density at radius 1 is 1.50 bits per heavy atom. The van der Waals surface area contributed by atoms with Crippen LogP contribution >= 0.6 is 11.5 Å². The third-order valence-electron chi connectivity index (χ3n) is 4.10. The molecule has 2 N–H and O–H groups in total. The highest BCUT2D eigenvalue weighted by atomic mass is 32.1. The predicted octanol–water partition coefficient (Wildman–Crippen LogP) is 0.652. The first-order valence-electron chi connectivity index (χ1n) is 7.94. The molecule has 3 rings (SSSR count). The number of carbonyl (C=O) groups excluding carboxylic acids is 1. The van der Waals surface area contributed by atoms with Gasteiger partial charge in [0, 0.05) is 32.0 Å². The van der Waals surface area contributed by atoms with E-state index >= 15 is 0 Å². The van der Waals surface area contributed by atoms with E-state index < -0.39 is 5.60 Å². The fourth-order valence-electron chi connectivity index (χ4n) is 2.84. The molecule has 0 spiro atoms. The fraction of sp³-hybridized carbons (Fsp3) is 0.533. The Labute approximate surface area is 144 Å². The van der Waals surface area contributed by atoms with Crippen LogP contribution in [0.15, 0.2) is 18.6 Å². The van der Waals surface area contributed by atoms with Gasteiger partial charge in [-0.15, -0.1) is 5.10 Å². The number of β-amino-alcohol motifs (C(OH)–C–C–N with tert-alkyl or cyclic N) is 1. The minimum Gasteiger partial charge on any atom is -0.386 e. The van der Waals surface area contributed by atoms with Crippen LogP contribution in [-0.4, -0.2) is 55.8 Å². The Hall–Kier alpha value is -2.13. The Morgan fingerprint density at radius 3 is 3.12 bits per heavy atom. The van der Waals surface area contributed by atoms with Crippen molar-refractivity contribution in [1.29, 1.82) is 0 Å². The van der Waals surface area contributed by atoms with Gasteiger partial charge in [-0.05, 0) is 30.8 Å². The van der Waals surface area contributed by atoms with Gasteiger partial charge in [-0.25, -0.2) is 4.98 Å². The lowest BCUT2D eigenvalue weighted by Crippen LogP contribution is -2.54. The molecule has 0 radical (unpaired) electrons. The zero-order valence-corrected chi connectivity index (χ0v) is 14.3. The van der Waals surface area contributed by atoms with Crippen LogP contribution in [0.5, 0.6) is 0 Å². The van der Waals surface area contributed by atoms with Crippen molar-refractivity contribution in [2.24, 2.45) is 0 Å². The number of hydrogen-bond acceptors (Lipinski definition) is 8. The van der Waals surface area contributed by atoms with Crippen LogP contribution in [0.25, 0.3) is 0 Å². The number of aromatic nitrogens is 4. The molecule has 0 bridgehead atoms. The summed E-state index contributed by atoms with van der Waals surface area (Å²) in [5, 5.41) is 17.6. The van der Waals surface area contributed by atoms with Crippen LogP contribution in [0.2, 0.25) is 0 Å². The summed E-state index contributed by atoms with van der Waals surface area (Å²) < 4.78 is 3.82. The number of anilines is 1. The SMILES string of the molecule is CCc1nnsc1C(=O)NCC1(O)CCCN(c2cnccn2)C1. The third-order valence-corrected chi connectivity index (χ3v) is 4.87. The van der Waals surface area contributed by atoms with Gasteiger partial charge in [0.25, 0.3) is 5.91 Å². The number of nitrogens with one attached hydrogen (secondary N) is 1. The van der Waals surface area contributed by atoms with Crippen molar-refractivity contribution in [2.45, 2.75) is 31.8 Å². The van der Waals surface area contributed by atoms with Crippen molar-refractivity contribution in [1.82, 2.24) is 24.9 Å². The lowest BCUT2D eigenvalue weighted by atomic mass is 9.92. The zero-order valence-electron chi connectivity index (χ0n) is 13.5. The minimum atomic E-state index is -0.990. The molecule has 1 atom stereocenters. The van der Waals surface area contributed by atoms with Crippen molar-refractivity contribution < 1.29 is 9.90 Å². The predicted molar refractivity (Wildman–Crippen MR) is 90.0 cm³/mol. The molecule has 1 unspecified atom stereocenters. The summed E-state index contributed by atoms with van der Waals surface area (Å²) in [7, 11) is 0. The normalized spacial score (nSPS) is 20.8. The Kier molecular flexibility index (Phi) is 5.00. The molecule has 1 amide bonds. The smallest absolute Gasteiger partial charge is 0.265 e. The van der Waals surface area contributed by atoms with Gasteiger partial charge < -0.3 is 15.3 Å². The van der Waals surface area contributed by atoms with Gasteiger partial charge in [0.05, 0.1) is 17.5 Å². The van der Waals surface area contributed by atoms with Crippen LogP contribution in [0.4, 0.5) is 5.82 Å². The van der Waals surface area contributed by atoms with Gasteiger partial charge >= 0.3 is 0 Å². The quantitative estimate of drug-likeness (QED) is 0.817. The molecule has 24 heavy (non-hydrogen) atoms. The second-order valence-electron chi connectivity index (χ2n) is 5.90. The fourth-order valence-corrected chi connectivity index (χ4v) is 3.51. The molecule has 2 aromatic rings. The summed E-state index contributed by atoms with van der Waals surface area (Å²) in [5.41, 5.74) is -0.301. The second-order valence-corrected chi connectivity index (χ2v) is 6.65. The van der Waals surface area contributed by atoms with Crippen LogP contribution in [0.3, 0.4) is 0 Å². The van der Waals surface area contributed by atoms with Gasteiger partial charge in [-0.1, -0.05) is 11.4 Å². The maximum Gasteiger partial charge on any atom is 0.265 e. The van der Waals surface area contributed by atoms with E-state index in [4.69, 9.17) is 0 Å². The van der Waals surface area contributed by atoms with Gasteiger partial charge in [-0.2, -0.15) is 0 Å². The van der Waals surface area contributed by atoms with Crippen LogP contribution in [0.1, 0.15) is 35.1 Å². The largest absolute Gasteiger partial charge is 0.386 e. The van der Waals surface area contributed by atoms with E-state index in [0.717, 1.165) is 30.3 Å². The first-order chi connectivity index (χ1) is 11.6. The molecule has 9 heteroatoms.